The number of hydrogen-bond acceptors (Lipinski definition) is 3. The van der Waals surface area contributed by atoms with Crippen LogP contribution in [0.1, 0.15) is 31.2 Å². The Morgan fingerprint density at radius 2 is 2.24 bits per heavy atom. The second-order valence-electron chi connectivity index (χ2n) is 5.45. The van der Waals surface area contributed by atoms with Gasteiger partial charge in [0.1, 0.15) is 17.3 Å². The van der Waals surface area contributed by atoms with Gasteiger partial charge in [0.25, 0.3) is 0 Å². The quantitative estimate of drug-likeness (QED) is 0.838. The van der Waals surface area contributed by atoms with E-state index in [9.17, 15) is 0 Å². The molecule has 0 saturated heterocycles. The minimum absolute atomic E-state index is 0.551. The molecule has 2 aliphatic carbocycles. The zero-order chi connectivity index (χ0) is 11.8. The molecule has 0 spiro atoms. The maximum atomic E-state index is 5.98. The summed E-state index contributed by atoms with van der Waals surface area (Å²) in [4.78, 5) is 8.23. The topological polar surface area (TPSA) is 37.8 Å². The van der Waals surface area contributed by atoms with Gasteiger partial charge >= 0.3 is 0 Å². The summed E-state index contributed by atoms with van der Waals surface area (Å²) in [6.07, 6.45) is 7.27. The molecule has 2 fully saturated rings. The van der Waals surface area contributed by atoms with Crippen LogP contribution in [0.4, 0.5) is 5.82 Å². The molecular weight excluding hydrogens is 234 g/mol. The summed E-state index contributed by atoms with van der Waals surface area (Å²) in [6.45, 7) is 3.00. The Balaban J connectivity index is 1.62. The van der Waals surface area contributed by atoms with Crippen LogP contribution in [0.2, 0.25) is 5.15 Å². The standard InChI is InChI=1S/C13H18ClN3/c1-8-12(14)16-7-17-13(8)15-6-11-5-9-2-3-10(11)4-9/h7,9-11H,2-6H2,1H3,(H,15,16,17). The van der Waals surface area contributed by atoms with E-state index in [0.717, 1.165) is 35.7 Å². The van der Waals surface area contributed by atoms with Crippen LogP contribution < -0.4 is 5.32 Å². The van der Waals surface area contributed by atoms with Crippen molar-refractivity contribution in [2.24, 2.45) is 17.8 Å². The lowest BCUT2D eigenvalue weighted by atomic mass is 9.89. The van der Waals surface area contributed by atoms with Gasteiger partial charge < -0.3 is 5.32 Å². The third-order valence-electron chi connectivity index (χ3n) is 4.44. The van der Waals surface area contributed by atoms with Gasteiger partial charge in [-0.25, -0.2) is 9.97 Å². The molecule has 0 aromatic carbocycles. The van der Waals surface area contributed by atoms with Crippen LogP contribution in [-0.2, 0) is 0 Å². The fourth-order valence-corrected chi connectivity index (χ4v) is 3.59. The number of nitrogens with one attached hydrogen (secondary N) is 1. The summed E-state index contributed by atoms with van der Waals surface area (Å²) in [7, 11) is 0. The van der Waals surface area contributed by atoms with E-state index >= 15 is 0 Å². The molecule has 0 amide bonds. The minimum Gasteiger partial charge on any atom is -0.369 e. The van der Waals surface area contributed by atoms with Crippen LogP contribution in [-0.4, -0.2) is 16.5 Å². The fraction of sp³-hybridized carbons (Fsp3) is 0.692. The molecule has 3 nitrogen and oxygen atoms in total. The molecule has 0 aliphatic heterocycles. The van der Waals surface area contributed by atoms with E-state index in [-0.39, 0.29) is 0 Å². The molecule has 3 rings (SSSR count). The lowest BCUT2D eigenvalue weighted by molar-refractivity contribution is 0.348. The first-order valence-electron chi connectivity index (χ1n) is 6.45. The van der Waals surface area contributed by atoms with Gasteiger partial charge in [-0.1, -0.05) is 18.0 Å². The van der Waals surface area contributed by atoms with E-state index in [4.69, 9.17) is 11.6 Å². The predicted octanol–water partition coefficient (Wildman–Crippen LogP) is 3.29. The van der Waals surface area contributed by atoms with Crippen molar-refractivity contribution in [3.05, 3.63) is 17.0 Å². The average Bonchev–Trinajstić information content (AvgIpc) is 2.93. The predicted molar refractivity (Wildman–Crippen MR) is 69.2 cm³/mol. The Kier molecular flexibility index (Phi) is 2.95. The van der Waals surface area contributed by atoms with E-state index in [1.54, 1.807) is 0 Å². The molecule has 1 N–H and O–H groups in total. The first kappa shape index (κ1) is 11.3. The van der Waals surface area contributed by atoms with Crippen molar-refractivity contribution in [3.63, 3.8) is 0 Å². The third kappa shape index (κ3) is 2.13. The van der Waals surface area contributed by atoms with Gasteiger partial charge in [0, 0.05) is 12.1 Å². The Morgan fingerprint density at radius 3 is 2.94 bits per heavy atom. The fourth-order valence-electron chi connectivity index (χ4n) is 3.46. The molecule has 17 heavy (non-hydrogen) atoms. The van der Waals surface area contributed by atoms with E-state index in [1.807, 2.05) is 6.92 Å². The summed E-state index contributed by atoms with van der Waals surface area (Å²) < 4.78 is 0. The Labute approximate surface area is 107 Å². The number of nitrogens with zero attached hydrogens (tertiary/aromatic N) is 2. The number of hydrogen-bond donors (Lipinski definition) is 1. The SMILES string of the molecule is Cc1c(Cl)ncnc1NCC1CC2CCC1C2. The van der Waals surface area contributed by atoms with Gasteiger partial charge in [0.2, 0.25) is 0 Å². The monoisotopic (exact) mass is 251 g/mol. The van der Waals surface area contributed by atoms with Gasteiger partial charge in [-0.05, 0) is 43.9 Å². The maximum absolute atomic E-state index is 5.98. The molecule has 92 valence electrons. The number of fused-ring (bicyclic) bond motifs is 2. The highest BCUT2D eigenvalue weighted by Crippen LogP contribution is 2.48. The normalized spacial score (nSPS) is 30.8. The Hall–Kier alpha value is -0.830. The zero-order valence-electron chi connectivity index (χ0n) is 10.1. The van der Waals surface area contributed by atoms with Crippen LogP contribution >= 0.6 is 11.6 Å². The molecule has 0 radical (unpaired) electrons. The lowest BCUT2D eigenvalue weighted by Crippen LogP contribution is -2.21. The van der Waals surface area contributed by atoms with Crippen molar-refractivity contribution >= 4 is 17.4 Å². The highest BCUT2D eigenvalue weighted by Gasteiger charge is 2.39. The highest BCUT2D eigenvalue weighted by atomic mass is 35.5. The summed E-state index contributed by atoms with van der Waals surface area (Å²) in [5.41, 5.74) is 0.956. The largest absolute Gasteiger partial charge is 0.369 e. The molecule has 3 atom stereocenters. The van der Waals surface area contributed by atoms with Crippen molar-refractivity contribution in [2.75, 3.05) is 11.9 Å². The molecule has 2 saturated carbocycles. The van der Waals surface area contributed by atoms with Crippen LogP contribution in [0.15, 0.2) is 6.33 Å². The van der Waals surface area contributed by atoms with Gasteiger partial charge in [-0.3, -0.25) is 0 Å². The smallest absolute Gasteiger partial charge is 0.137 e. The van der Waals surface area contributed by atoms with Gasteiger partial charge in [-0.15, -0.1) is 0 Å². The second kappa shape index (κ2) is 4.45. The highest BCUT2D eigenvalue weighted by molar-refractivity contribution is 6.30. The number of halogens is 1. The van der Waals surface area contributed by atoms with Crippen molar-refractivity contribution in [2.45, 2.75) is 32.6 Å². The van der Waals surface area contributed by atoms with Crippen molar-refractivity contribution < 1.29 is 0 Å². The van der Waals surface area contributed by atoms with Crippen molar-refractivity contribution in [1.82, 2.24) is 9.97 Å². The van der Waals surface area contributed by atoms with Gasteiger partial charge in [-0.2, -0.15) is 0 Å². The molecule has 4 heteroatoms. The van der Waals surface area contributed by atoms with E-state index < -0.39 is 0 Å². The molecule has 1 heterocycles. The summed E-state index contributed by atoms with van der Waals surface area (Å²) >= 11 is 5.98. The summed E-state index contributed by atoms with van der Waals surface area (Å²) in [5, 5.41) is 4.00. The first-order valence-corrected chi connectivity index (χ1v) is 6.83. The first-order chi connectivity index (χ1) is 8.24. The minimum atomic E-state index is 0.551. The Morgan fingerprint density at radius 1 is 1.35 bits per heavy atom. The molecule has 2 aliphatic rings. The molecule has 1 aromatic heterocycles. The average molecular weight is 252 g/mol. The number of aromatic nitrogens is 2. The van der Waals surface area contributed by atoms with Gasteiger partial charge in [0.15, 0.2) is 0 Å². The van der Waals surface area contributed by atoms with E-state index in [2.05, 4.69) is 15.3 Å². The lowest BCUT2D eigenvalue weighted by Gasteiger charge is -2.22. The van der Waals surface area contributed by atoms with E-state index in [0.29, 0.717) is 5.15 Å². The molecule has 2 bridgehead atoms. The number of anilines is 1. The molecule has 3 unspecified atom stereocenters. The number of rotatable bonds is 3. The van der Waals surface area contributed by atoms with Crippen LogP contribution in [0.25, 0.3) is 0 Å². The van der Waals surface area contributed by atoms with E-state index in [1.165, 1.54) is 32.0 Å². The van der Waals surface area contributed by atoms with Crippen LogP contribution in [0.5, 0.6) is 0 Å². The second-order valence-corrected chi connectivity index (χ2v) is 5.81. The molecule has 1 aromatic rings. The molecular formula is C13H18ClN3. The maximum Gasteiger partial charge on any atom is 0.137 e. The van der Waals surface area contributed by atoms with Crippen molar-refractivity contribution in [3.8, 4) is 0 Å². The third-order valence-corrected chi connectivity index (χ3v) is 4.82. The summed E-state index contributed by atoms with van der Waals surface area (Å²) in [6, 6.07) is 0. The summed E-state index contributed by atoms with van der Waals surface area (Å²) in [5.74, 6) is 3.68. The Bertz CT molecular complexity index is 421. The van der Waals surface area contributed by atoms with Crippen LogP contribution in [0, 0.1) is 24.7 Å². The van der Waals surface area contributed by atoms with Crippen LogP contribution in [0.3, 0.4) is 0 Å². The van der Waals surface area contributed by atoms with Gasteiger partial charge in [0.05, 0.1) is 0 Å². The van der Waals surface area contributed by atoms with Crippen molar-refractivity contribution in [1.29, 1.82) is 0 Å². The zero-order valence-corrected chi connectivity index (χ0v) is 10.9.